The van der Waals surface area contributed by atoms with Crippen LogP contribution >= 0.6 is 0 Å². The normalized spacial score (nSPS) is 16.3. The quantitative estimate of drug-likeness (QED) is 0.496. The molecule has 1 aliphatic rings. The van der Waals surface area contributed by atoms with E-state index in [-0.39, 0.29) is 24.1 Å². The zero-order valence-corrected chi connectivity index (χ0v) is 10.2. The van der Waals surface area contributed by atoms with Crippen LogP contribution in [0.5, 0.6) is 0 Å². The van der Waals surface area contributed by atoms with Crippen LogP contribution in [-0.2, 0) is 14.4 Å². The molecule has 8 heteroatoms. The van der Waals surface area contributed by atoms with Crippen LogP contribution in [0, 0.1) is 10.1 Å². The van der Waals surface area contributed by atoms with E-state index in [0.29, 0.717) is 4.90 Å². The Morgan fingerprint density at radius 3 is 2.10 bits per heavy atom. The van der Waals surface area contributed by atoms with Crippen LogP contribution in [0.4, 0.5) is 5.69 Å². The average Bonchev–Trinajstić information content (AvgIpc) is 2.71. The third-order valence-electron chi connectivity index (χ3n) is 3.00. The number of imide groups is 1. The van der Waals surface area contributed by atoms with Crippen molar-refractivity contribution in [2.45, 2.75) is 18.9 Å². The summed E-state index contributed by atoms with van der Waals surface area (Å²) in [5.74, 6) is -2.47. The van der Waals surface area contributed by atoms with Crippen LogP contribution in [0.3, 0.4) is 0 Å². The van der Waals surface area contributed by atoms with E-state index in [9.17, 15) is 29.6 Å². The molecule has 0 radical (unpaired) electrons. The van der Waals surface area contributed by atoms with Crippen LogP contribution in [-0.4, -0.2) is 32.7 Å². The van der Waals surface area contributed by atoms with Crippen molar-refractivity contribution in [1.29, 1.82) is 0 Å². The highest BCUT2D eigenvalue weighted by molar-refractivity contribution is 6.05. The molecular weight excluding hydrogens is 268 g/mol. The van der Waals surface area contributed by atoms with Gasteiger partial charge in [-0.15, -0.1) is 0 Å². The third kappa shape index (κ3) is 2.35. The van der Waals surface area contributed by atoms with E-state index in [0.717, 1.165) is 12.1 Å². The zero-order valence-electron chi connectivity index (χ0n) is 10.2. The number of aliphatic carboxylic acids is 1. The Hall–Kier alpha value is -2.77. The van der Waals surface area contributed by atoms with Crippen molar-refractivity contribution in [3.05, 3.63) is 39.9 Å². The lowest BCUT2D eigenvalue weighted by atomic mass is 10.1. The summed E-state index contributed by atoms with van der Waals surface area (Å²) in [6.45, 7) is 0. The van der Waals surface area contributed by atoms with Crippen LogP contribution < -0.4 is 0 Å². The van der Waals surface area contributed by atoms with Crippen molar-refractivity contribution in [2.75, 3.05) is 0 Å². The van der Waals surface area contributed by atoms with Crippen molar-refractivity contribution < 1.29 is 24.4 Å². The molecule has 8 nitrogen and oxygen atoms in total. The van der Waals surface area contributed by atoms with Crippen LogP contribution in [0.2, 0.25) is 0 Å². The van der Waals surface area contributed by atoms with Gasteiger partial charge in [0.25, 0.3) is 5.69 Å². The number of nitrogens with zero attached hydrogens (tertiary/aromatic N) is 2. The van der Waals surface area contributed by atoms with Crippen molar-refractivity contribution in [3.63, 3.8) is 0 Å². The lowest BCUT2D eigenvalue weighted by Gasteiger charge is -2.22. The third-order valence-corrected chi connectivity index (χ3v) is 3.00. The SMILES string of the molecule is O=C(O)C(c1ccc([N+](=O)[O-])cc1)N1C(=O)CCC1=O. The summed E-state index contributed by atoms with van der Waals surface area (Å²) in [5.41, 5.74) is -0.0522. The van der Waals surface area contributed by atoms with Gasteiger partial charge in [0, 0.05) is 25.0 Å². The van der Waals surface area contributed by atoms with Gasteiger partial charge < -0.3 is 5.11 Å². The van der Waals surface area contributed by atoms with Gasteiger partial charge >= 0.3 is 5.97 Å². The number of likely N-dealkylation sites (tertiary alicyclic amines) is 1. The number of carbonyl (C=O) groups excluding carboxylic acids is 2. The number of nitro benzene ring substituents is 1. The molecule has 2 amide bonds. The fraction of sp³-hybridized carbons (Fsp3) is 0.250. The topological polar surface area (TPSA) is 118 Å². The number of carboxylic acid groups (broad SMARTS) is 1. The second-order valence-corrected chi connectivity index (χ2v) is 4.25. The first kappa shape index (κ1) is 13.7. The van der Waals surface area contributed by atoms with Crippen LogP contribution in [0.15, 0.2) is 24.3 Å². The standard InChI is InChI=1S/C12H10N2O6/c15-9-5-6-10(16)13(9)11(12(17)18)7-1-3-8(4-2-7)14(19)20/h1-4,11H,5-6H2,(H,17,18). The van der Waals surface area contributed by atoms with E-state index in [2.05, 4.69) is 0 Å². The van der Waals surface area contributed by atoms with Gasteiger partial charge in [0.15, 0.2) is 6.04 Å². The molecule has 0 aromatic heterocycles. The number of carboxylic acids is 1. The molecule has 0 saturated carbocycles. The Kier molecular flexibility index (Phi) is 3.47. The second-order valence-electron chi connectivity index (χ2n) is 4.25. The molecule has 1 N–H and O–H groups in total. The summed E-state index contributed by atoms with van der Waals surface area (Å²) in [4.78, 5) is 45.2. The zero-order chi connectivity index (χ0) is 14.9. The maximum atomic E-state index is 11.6. The molecule has 20 heavy (non-hydrogen) atoms. The average molecular weight is 278 g/mol. The Morgan fingerprint density at radius 1 is 1.20 bits per heavy atom. The maximum Gasteiger partial charge on any atom is 0.331 e. The lowest BCUT2D eigenvalue weighted by Crippen LogP contribution is -2.37. The number of carbonyl (C=O) groups is 3. The molecule has 1 unspecified atom stereocenters. The number of nitro groups is 1. The Labute approximate surface area is 112 Å². The van der Waals surface area contributed by atoms with Crippen molar-refractivity contribution in [3.8, 4) is 0 Å². The van der Waals surface area contributed by atoms with Crippen molar-refractivity contribution >= 4 is 23.5 Å². The van der Waals surface area contributed by atoms with Gasteiger partial charge in [0.05, 0.1) is 4.92 Å². The van der Waals surface area contributed by atoms with Gasteiger partial charge in [-0.1, -0.05) is 0 Å². The van der Waals surface area contributed by atoms with Gasteiger partial charge in [0.2, 0.25) is 11.8 Å². The number of hydrogen-bond donors (Lipinski definition) is 1. The summed E-state index contributed by atoms with van der Waals surface area (Å²) >= 11 is 0. The fourth-order valence-electron chi connectivity index (χ4n) is 2.06. The first-order valence-corrected chi connectivity index (χ1v) is 5.74. The van der Waals surface area contributed by atoms with E-state index < -0.39 is 28.7 Å². The predicted molar refractivity (Wildman–Crippen MR) is 64.6 cm³/mol. The molecule has 0 spiro atoms. The smallest absolute Gasteiger partial charge is 0.331 e. The van der Waals surface area contributed by atoms with Crippen molar-refractivity contribution in [1.82, 2.24) is 4.90 Å². The Balaban J connectivity index is 2.38. The van der Waals surface area contributed by atoms with Gasteiger partial charge in [-0.05, 0) is 17.7 Å². The lowest BCUT2D eigenvalue weighted by molar-refractivity contribution is -0.384. The van der Waals surface area contributed by atoms with Gasteiger partial charge in [-0.25, -0.2) is 4.79 Å². The minimum Gasteiger partial charge on any atom is -0.479 e. The highest BCUT2D eigenvalue weighted by atomic mass is 16.6. The summed E-state index contributed by atoms with van der Waals surface area (Å²) in [5, 5.41) is 19.8. The summed E-state index contributed by atoms with van der Waals surface area (Å²) in [6.07, 6.45) is -0.0365. The number of hydrogen-bond acceptors (Lipinski definition) is 5. The molecule has 1 aliphatic heterocycles. The minimum absolute atomic E-state index is 0.0183. The molecule has 104 valence electrons. The van der Waals surface area contributed by atoms with Gasteiger partial charge in [-0.3, -0.25) is 24.6 Å². The van der Waals surface area contributed by atoms with Gasteiger partial charge in [0.1, 0.15) is 0 Å². The summed E-state index contributed by atoms with van der Waals surface area (Å²) in [7, 11) is 0. The predicted octanol–water partition coefficient (Wildman–Crippen LogP) is 0.869. The second kappa shape index (κ2) is 5.08. The Morgan fingerprint density at radius 2 is 1.70 bits per heavy atom. The van der Waals surface area contributed by atoms with E-state index in [1.54, 1.807) is 0 Å². The van der Waals surface area contributed by atoms with Crippen LogP contribution in [0.1, 0.15) is 24.4 Å². The minimum atomic E-state index is -1.45. The molecule has 1 fully saturated rings. The first-order valence-electron chi connectivity index (χ1n) is 5.74. The van der Waals surface area contributed by atoms with E-state index in [1.165, 1.54) is 12.1 Å². The molecule has 1 saturated heterocycles. The van der Waals surface area contributed by atoms with Crippen molar-refractivity contribution in [2.24, 2.45) is 0 Å². The largest absolute Gasteiger partial charge is 0.479 e. The molecule has 0 bridgehead atoms. The molecule has 1 aromatic carbocycles. The molecule has 1 heterocycles. The van der Waals surface area contributed by atoms with Gasteiger partial charge in [-0.2, -0.15) is 0 Å². The number of amides is 2. The fourth-order valence-corrected chi connectivity index (χ4v) is 2.06. The molecular formula is C12H10N2O6. The molecule has 0 aliphatic carbocycles. The maximum absolute atomic E-state index is 11.6. The highest BCUT2D eigenvalue weighted by Crippen LogP contribution is 2.28. The highest BCUT2D eigenvalue weighted by Gasteiger charge is 2.39. The first-order chi connectivity index (χ1) is 9.41. The number of non-ortho nitro benzene ring substituents is 1. The number of benzene rings is 1. The van der Waals surface area contributed by atoms with E-state index >= 15 is 0 Å². The molecule has 2 rings (SSSR count). The molecule has 1 aromatic rings. The number of rotatable bonds is 4. The summed E-state index contributed by atoms with van der Waals surface area (Å²) < 4.78 is 0. The van der Waals surface area contributed by atoms with E-state index in [1.807, 2.05) is 0 Å². The molecule has 1 atom stereocenters. The van der Waals surface area contributed by atoms with Crippen LogP contribution in [0.25, 0.3) is 0 Å². The summed E-state index contributed by atoms with van der Waals surface area (Å²) in [6, 6.07) is 3.29. The monoisotopic (exact) mass is 278 g/mol. The Bertz CT molecular complexity index is 578. The van der Waals surface area contributed by atoms with E-state index in [4.69, 9.17) is 0 Å².